The molecular weight excluding hydrogens is 264 g/mol. The molecule has 0 aliphatic carbocycles. The molecule has 0 bridgehead atoms. The third-order valence-electron chi connectivity index (χ3n) is 3.56. The van der Waals surface area contributed by atoms with Crippen LogP contribution < -0.4 is 11.3 Å². The van der Waals surface area contributed by atoms with Gasteiger partial charge < -0.3 is 5.43 Å². The number of nitrogen functional groups attached to an aromatic ring is 1. The Morgan fingerprint density at radius 2 is 2.21 bits per heavy atom. The lowest BCUT2D eigenvalue weighted by atomic mass is 9.95. The van der Waals surface area contributed by atoms with Crippen molar-refractivity contribution in [1.29, 1.82) is 0 Å². The Hall–Kier alpha value is -1.18. The van der Waals surface area contributed by atoms with Crippen LogP contribution in [0.25, 0.3) is 0 Å². The van der Waals surface area contributed by atoms with Gasteiger partial charge in [0.25, 0.3) is 0 Å². The van der Waals surface area contributed by atoms with Gasteiger partial charge in [0.1, 0.15) is 5.82 Å². The lowest BCUT2D eigenvalue weighted by molar-refractivity contribution is 0.220. The number of hydrogen-bond donors (Lipinski definition) is 2. The van der Waals surface area contributed by atoms with E-state index >= 15 is 0 Å². The van der Waals surface area contributed by atoms with Crippen molar-refractivity contribution in [3.8, 4) is 0 Å². The maximum atomic E-state index is 12.6. The molecular formula is C12H20N4O2S. The monoisotopic (exact) mass is 284 g/mol. The minimum atomic E-state index is -3.47. The third-order valence-corrected chi connectivity index (χ3v) is 5.57. The highest BCUT2D eigenvalue weighted by atomic mass is 32.2. The number of sulfonamides is 1. The van der Waals surface area contributed by atoms with Gasteiger partial charge in [-0.15, -0.1) is 0 Å². The zero-order chi connectivity index (χ0) is 14.0. The van der Waals surface area contributed by atoms with Crippen molar-refractivity contribution >= 4 is 15.8 Å². The molecule has 2 atom stereocenters. The van der Waals surface area contributed by atoms with Crippen LogP contribution in [-0.2, 0) is 10.0 Å². The first-order chi connectivity index (χ1) is 8.95. The zero-order valence-corrected chi connectivity index (χ0v) is 12.0. The number of anilines is 1. The number of nitrogens with one attached hydrogen (secondary N) is 1. The van der Waals surface area contributed by atoms with Crippen LogP contribution in [0.5, 0.6) is 0 Å². The number of piperidine rings is 1. The van der Waals surface area contributed by atoms with Crippen LogP contribution in [0.4, 0.5) is 5.82 Å². The van der Waals surface area contributed by atoms with E-state index in [1.165, 1.54) is 18.3 Å². The molecule has 106 valence electrons. The summed E-state index contributed by atoms with van der Waals surface area (Å²) in [5.41, 5.74) is 2.37. The number of pyridine rings is 1. The molecule has 1 aliphatic rings. The summed E-state index contributed by atoms with van der Waals surface area (Å²) >= 11 is 0. The highest BCUT2D eigenvalue weighted by molar-refractivity contribution is 7.89. The SMILES string of the molecule is CC1CCN(S(=O)(=O)c2ccnc(NN)c2)C(C)C1. The highest BCUT2D eigenvalue weighted by Crippen LogP contribution is 2.28. The van der Waals surface area contributed by atoms with Gasteiger partial charge in [0, 0.05) is 24.8 Å². The second kappa shape index (κ2) is 5.44. The summed E-state index contributed by atoms with van der Waals surface area (Å²) in [6, 6.07) is 2.98. The molecule has 0 spiro atoms. The van der Waals surface area contributed by atoms with Crippen LogP contribution in [0.15, 0.2) is 23.2 Å². The average molecular weight is 284 g/mol. The Morgan fingerprint density at radius 1 is 1.47 bits per heavy atom. The smallest absolute Gasteiger partial charge is 0.243 e. The number of nitrogens with zero attached hydrogens (tertiary/aromatic N) is 2. The van der Waals surface area contributed by atoms with Crippen molar-refractivity contribution in [2.45, 2.75) is 37.6 Å². The quantitative estimate of drug-likeness (QED) is 0.642. The van der Waals surface area contributed by atoms with Crippen molar-refractivity contribution in [1.82, 2.24) is 9.29 Å². The number of hydrazine groups is 1. The van der Waals surface area contributed by atoms with Gasteiger partial charge in [0.05, 0.1) is 4.90 Å². The summed E-state index contributed by atoms with van der Waals surface area (Å²) in [5, 5.41) is 0. The third kappa shape index (κ3) is 2.88. The van der Waals surface area contributed by atoms with E-state index in [-0.39, 0.29) is 10.9 Å². The maximum Gasteiger partial charge on any atom is 0.243 e. The highest BCUT2D eigenvalue weighted by Gasteiger charge is 2.33. The van der Waals surface area contributed by atoms with Crippen LogP contribution in [0, 0.1) is 5.92 Å². The van der Waals surface area contributed by atoms with E-state index in [1.807, 2.05) is 6.92 Å². The second-order valence-corrected chi connectivity index (χ2v) is 7.01. The molecule has 0 radical (unpaired) electrons. The Morgan fingerprint density at radius 3 is 2.84 bits per heavy atom. The summed E-state index contributed by atoms with van der Waals surface area (Å²) in [6.07, 6.45) is 3.24. The first kappa shape index (κ1) is 14.2. The molecule has 2 unspecified atom stereocenters. The normalized spacial score (nSPS) is 25.2. The molecule has 7 heteroatoms. The predicted molar refractivity (Wildman–Crippen MR) is 73.8 cm³/mol. The lowest BCUT2D eigenvalue weighted by Crippen LogP contribution is -2.44. The van der Waals surface area contributed by atoms with Crippen molar-refractivity contribution in [3.63, 3.8) is 0 Å². The van der Waals surface area contributed by atoms with Gasteiger partial charge in [-0.3, -0.25) is 0 Å². The summed E-state index contributed by atoms with van der Waals surface area (Å²) in [4.78, 5) is 4.16. The van der Waals surface area contributed by atoms with E-state index in [0.29, 0.717) is 18.3 Å². The molecule has 1 aromatic heterocycles. The molecule has 2 rings (SSSR count). The second-order valence-electron chi connectivity index (χ2n) is 5.12. The number of rotatable bonds is 3. The molecule has 0 aromatic carbocycles. The largest absolute Gasteiger partial charge is 0.308 e. The van der Waals surface area contributed by atoms with Crippen molar-refractivity contribution < 1.29 is 8.42 Å². The number of aromatic nitrogens is 1. The number of hydrogen-bond acceptors (Lipinski definition) is 5. The van der Waals surface area contributed by atoms with Crippen molar-refractivity contribution in [2.24, 2.45) is 11.8 Å². The molecule has 19 heavy (non-hydrogen) atoms. The Bertz CT molecular complexity index is 546. The van der Waals surface area contributed by atoms with Crippen LogP contribution in [0.1, 0.15) is 26.7 Å². The molecule has 1 aliphatic heterocycles. The van der Waals surface area contributed by atoms with Gasteiger partial charge in [0.2, 0.25) is 10.0 Å². The van der Waals surface area contributed by atoms with Gasteiger partial charge in [-0.1, -0.05) is 6.92 Å². The van der Waals surface area contributed by atoms with E-state index in [2.05, 4.69) is 17.3 Å². The molecule has 1 fully saturated rings. The van der Waals surface area contributed by atoms with E-state index < -0.39 is 10.0 Å². The van der Waals surface area contributed by atoms with Gasteiger partial charge in [-0.2, -0.15) is 4.31 Å². The molecule has 1 aromatic rings. The Labute approximate surface area is 114 Å². The van der Waals surface area contributed by atoms with E-state index in [9.17, 15) is 8.42 Å². The molecule has 2 heterocycles. The zero-order valence-electron chi connectivity index (χ0n) is 11.2. The first-order valence-corrected chi connectivity index (χ1v) is 7.83. The minimum absolute atomic E-state index is 0.0243. The standard InChI is InChI=1S/C12H20N4O2S/c1-9-4-6-16(10(2)7-9)19(17,18)11-3-5-14-12(8-11)15-13/h3,5,8-10H,4,6-7,13H2,1-2H3,(H,14,15). The van der Waals surface area contributed by atoms with Crippen LogP contribution in [0.2, 0.25) is 0 Å². The van der Waals surface area contributed by atoms with Gasteiger partial charge >= 0.3 is 0 Å². The lowest BCUT2D eigenvalue weighted by Gasteiger charge is -2.35. The van der Waals surface area contributed by atoms with E-state index in [1.54, 1.807) is 4.31 Å². The van der Waals surface area contributed by atoms with Gasteiger partial charge in [-0.25, -0.2) is 19.2 Å². The Kier molecular flexibility index (Phi) is 4.07. The molecule has 1 saturated heterocycles. The Balaban J connectivity index is 2.31. The average Bonchev–Trinajstić information content (AvgIpc) is 2.38. The number of nitrogens with two attached hydrogens (primary N) is 1. The van der Waals surface area contributed by atoms with Crippen molar-refractivity contribution in [2.75, 3.05) is 12.0 Å². The van der Waals surface area contributed by atoms with E-state index in [0.717, 1.165) is 12.8 Å². The van der Waals surface area contributed by atoms with E-state index in [4.69, 9.17) is 5.84 Å². The first-order valence-electron chi connectivity index (χ1n) is 6.39. The summed E-state index contributed by atoms with van der Waals surface area (Å²) in [7, 11) is -3.47. The summed E-state index contributed by atoms with van der Waals surface area (Å²) in [6.45, 7) is 4.68. The topological polar surface area (TPSA) is 88.3 Å². The summed E-state index contributed by atoms with van der Waals surface area (Å²) < 4.78 is 26.8. The summed E-state index contributed by atoms with van der Waals surface area (Å²) in [5.74, 6) is 6.18. The van der Waals surface area contributed by atoms with Gasteiger partial charge in [0.15, 0.2) is 0 Å². The van der Waals surface area contributed by atoms with Crippen LogP contribution in [0.3, 0.4) is 0 Å². The molecule has 3 N–H and O–H groups in total. The molecule has 6 nitrogen and oxygen atoms in total. The van der Waals surface area contributed by atoms with Crippen LogP contribution in [-0.4, -0.2) is 30.3 Å². The molecule has 0 amide bonds. The fourth-order valence-electron chi connectivity index (χ4n) is 2.53. The van der Waals surface area contributed by atoms with Crippen molar-refractivity contribution in [3.05, 3.63) is 18.3 Å². The van der Waals surface area contributed by atoms with Gasteiger partial charge in [-0.05, 0) is 31.7 Å². The minimum Gasteiger partial charge on any atom is -0.308 e. The maximum absolute atomic E-state index is 12.6. The fourth-order valence-corrected chi connectivity index (χ4v) is 4.20. The molecule has 0 saturated carbocycles. The predicted octanol–water partition coefficient (Wildman–Crippen LogP) is 1.18. The fraction of sp³-hybridized carbons (Fsp3) is 0.583. The van der Waals surface area contributed by atoms with Crippen LogP contribution >= 0.6 is 0 Å².